The molecule has 3 nitrogen and oxygen atoms in total. The van der Waals surface area contributed by atoms with Gasteiger partial charge in [-0.3, -0.25) is 9.20 Å². The SMILES string of the molecule is O=c1c2c(nc3c(Cl)cc(Cl)cn13)/C(=C\c1cccc(Cl)c1)CC2. The Kier molecular flexibility index (Phi) is 3.87. The minimum atomic E-state index is -0.117. The highest BCUT2D eigenvalue weighted by Gasteiger charge is 2.23. The lowest BCUT2D eigenvalue weighted by Gasteiger charge is -2.07. The Balaban J connectivity index is 1.94. The minimum absolute atomic E-state index is 0.117. The van der Waals surface area contributed by atoms with E-state index in [1.807, 2.05) is 30.3 Å². The number of hydrogen-bond acceptors (Lipinski definition) is 2. The maximum absolute atomic E-state index is 12.7. The van der Waals surface area contributed by atoms with Gasteiger partial charge in [0.15, 0.2) is 5.65 Å². The van der Waals surface area contributed by atoms with Crippen molar-refractivity contribution in [2.75, 3.05) is 0 Å². The molecule has 0 fully saturated rings. The van der Waals surface area contributed by atoms with E-state index >= 15 is 0 Å². The van der Waals surface area contributed by atoms with Crippen LogP contribution >= 0.6 is 34.8 Å². The van der Waals surface area contributed by atoms with Gasteiger partial charge in [0.1, 0.15) is 0 Å². The fourth-order valence-electron chi connectivity index (χ4n) is 3.01. The second-order valence-electron chi connectivity index (χ2n) is 5.67. The van der Waals surface area contributed by atoms with Gasteiger partial charge in [0.2, 0.25) is 0 Å². The van der Waals surface area contributed by atoms with Crippen LogP contribution in [0.15, 0.2) is 41.3 Å². The standard InChI is InChI=1S/C18H11Cl3N2O/c19-12-3-1-2-10(7-12)6-11-4-5-14-16(11)22-17-15(21)8-13(20)9-23(17)18(14)24/h1-3,6-9H,4-5H2/b11-6-. The zero-order chi connectivity index (χ0) is 16.8. The zero-order valence-electron chi connectivity index (χ0n) is 12.4. The van der Waals surface area contributed by atoms with Crippen LogP contribution in [0, 0.1) is 0 Å². The van der Waals surface area contributed by atoms with Crippen LogP contribution < -0.4 is 5.56 Å². The van der Waals surface area contributed by atoms with Crippen molar-refractivity contribution in [2.45, 2.75) is 12.8 Å². The van der Waals surface area contributed by atoms with Gasteiger partial charge in [0, 0.05) is 16.8 Å². The molecule has 120 valence electrons. The van der Waals surface area contributed by atoms with Gasteiger partial charge in [-0.2, -0.15) is 0 Å². The van der Waals surface area contributed by atoms with Gasteiger partial charge in [-0.05, 0) is 48.3 Å². The van der Waals surface area contributed by atoms with E-state index in [2.05, 4.69) is 4.98 Å². The molecule has 0 unspecified atom stereocenters. The Morgan fingerprint density at radius 2 is 1.92 bits per heavy atom. The fraction of sp³-hybridized carbons (Fsp3) is 0.111. The summed E-state index contributed by atoms with van der Waals surface area (Å²) in [6.07, 6.45) is 4.98. The zero-order valence-corrected chi connectivity index (χ0v) is 14.7. The van der Waals surface area contributed by atoms with E-state index in [0.29, 0.717) is 38.4 Å². The van der Waals surface area contributed by atoms with Crippen LogP contribution in [0.5, 0.6) is 0 Å². The maximum Gasteiger partial charge on any atom is 0.261 e. The summed E-state index contributed by atoms with van der Waals surface area (Å²) in [5.74, 6) is 0. The number of fused-ring (bicyclic) bond motifs is 2. The fourth-order valence-corrected chi connectivity index (χ4v) is 3.72. The molecule has 1 aliphatic carbocycles. The van der Waals surface area contributed by atoms with Gasteiger partial charge in [0.25, 0.3) is 5.56 Å². The van der Waals surface area contributed by atoms with Gasteiger partial charge < -0.3 is 0 Å². The third-order valence-electron chi connectivity index (χ3n) is 4.08. The number of pyridine rings is 1. The molecule has 24 heavy (non-hydrogen) atoms. The molecule has 0 aliphatic heterocycles. The number of hydrogen-bond donors (Lipinski definition) is 0. The summed E-state index contributed by atoms with van der Waals surface area (Å²) < 4.78 is 1.42. The van der Waals surface area contributed by atoms with E-state index < -0.39 is 0 Å². The van der Waals surface area contributed by atoms with Gasteiger partial charge in [-0.25, -0.2) is 4.98 Å². The van der Waals surface area contributed by atoms with Crippen molar-refractivity contribution in [1.82, 2.24) is 9.38 Å². The molecule has 1 aromatic carbocycles. The topological polar surface area (TPSA) is 34.4 Å². The Morgan fingerprint density at radius 3 is 2.71 bits per heavy atom. The minimum Gasteiger partial charge on any atom is -0.269 e. The molecular weight excluding hydrogens is 367 g/mol. The molecule has 0 bridgehead atoms. The molecule has 0 amide bonds. The summed E-state index contributed by atoms with van der Waals surface area (Å²) in [5.41, 5.74) is 3.70. The molecule has 0 atom stereocenters. The predicted molar refractivity (Wildman–Crippen MR) is 99.1 cm³/mol. The van der Waals surface area contributed by atoms with Crippen LogP contribution in [0.3, 0.4) is 0 Å². The Hall–Kier alpha value is -1.81. The number of halogens is 3. The molecule has 2 aromatic heterocycles. The highest BCUT2D eigenvalue weighted by atomic mass is 35.5. The van der Waals surface area contributed by atoms with Crippen molar-refractivity contribution in [1.29, 1.82) is 0 Å². The molecule has 4 rings (SSSR count). The summed E-state index contributed by atoms with van der Waals surface area (Å²) in [7, 11) is 0. The smallest absolute Gasteiger partial charge is 0.261 e. The van der Waals surface area contributed by atoms with Crippen LogP contribution in [-0.2, 0) is 6.42 Å². The molecule has 0 N–H and O–H groups in total. The number of aromatic nitrogens is 2. The lowest BCUT2D eigenvalue weighted by molar-refractivity contribution is 0.971. The van der Waals surface area contributed by atoms with Crippen LogP contribution in [0.2, 0.25) is 15.1 Å². The molecule has 6 heteroatoms. The first-order chi connectivity index (χ1) is 11.5. The summed E-state index contributed by atoms with van der Waals surface area (Å²) in [6.45, 7) is 0. The third-order valence-corrected chi connectivity index (χ3v) is 4.80. The lowest BCUT2D eigenvalue weighted by atomic mass is 10.1. The second-order valence-corrected chi connectivity index (χ2v) is 6.95. The average molecular weight is 378 g/mol. The monoisotopic (exact) mass is 376 g/mol. The first-order valence-electron chi connectivity index (χ1n) is 7.40. The Morgan fingerprint density at radius 1 is 1.08 bits per heavy atom. The van der Waals surface area contributed by atoms with E-state index in [9.17, 15) is 4.79 Å². The molecule has 1 aliphatic rings. The predicted octanol–water partition coefficient (Wildman–Crippen LogP) is 5.14. The molecule has 0 saturated heterocycles. The van der Waals surface area contributed by atoms with Crippen molar-refractivity contribution in [3.8, 4) is 0 Å². The number of benzene rings is 1. The second kappa shape index (κ2) is 5.92. The van der Waals surface area contributed by atoms with Gasteiger partial charge in [-0.1, -0.05) is 46.9 Å². The van der Waals surface area contributed by atoms with Crippen LogP contribution in [0.4, 0.5) is 0 Å². The summed E-state index contributed by atoms with van der Waals surface area (Å²) in [5, 5.41) is 1.44. The van der Waals surface area contributed by atoms with Crippen molar-refractivity contribution < 1.29 is 0 Å². The first-order valence-corrected chi connectivity index (χ1v) is 8.53. The number of allylic oxidation sites excluding steroid dienone is 1. The number of rotatable bonds is 1. The van der Waals surface area contributed by atoms with Gasteiger partial charge in [0.05, 0.1) is 15.7 Å². The molecule has 0 spiro atoms. The van der Waals surface area contributed by atoms with E-state index in [1.165, 1.54) is 4.40 Å². The maximum atomic E-state index is 12.7. The molecule has 2 heterocycles. The Labute approximate surface area is 153 Å². The van der Waals surface area contributed by atoms with E-state index in [1.54, 1.807) is 12.3 Å². The Bertz CT molecular complexity index is 1070. The third kappa shape index (κ3) is 2.63. The summed E-state index contributed by atoms with van der Waals surface area (Å²) in [6, 6.07) is 9.16. The molecule has 0 saturated carbocycles. The van der Waals surface area contributed by atoms with E-state index in [0.717, 1.165) is 17.6 Å². The van der Waals surface area contributed by atoms with E-state index in [-0.39, 0.29) is 5.56 Å². The lowest BCUT2D eigenvalue weighted by Crippen LogP contribution is -2.20. The quantitative estimate of drug-likeness (QED) is 0.588. The van der Waals surface area contributed by atoms with Gasteiger partial charge >= 0.3 is 0 Å². The molecule has 3 aromatic rings. The molecule has 0 radical (unpaired) electrons. The van der Waals surface area contributed by atoms with Crippen molar-refractivity contribution in [3.63, 3.8) is 0 Å². The number of nitrogens with zero attached hydrogens (tertiary/aromatic N) is 2. The summed E-state index contributed by atoms with van der Waals surface area (Å²) in [4.78, 5) is 17.4. The van der Waals surface area contributed by atoms with E-state index in [4.69, 9.17) is 34.8 Å². The van der Waals surface area contributed by atoms with Crippen LogP contribution in [-0.4, -0.2) is 9.38 Å². The van der Waals surface area contributed by atoms with Crippen molar-refractivity contribution >= 4 is 52.1 Å². The van der Waals surface area contributed by atoms with Crippen LogP contribution in [0.25, 0.3) is 17.3 Å². The first kappa shape index (κ1) is 15.7. The highest BCUT2D eigenvalue weighted by molar-refractivity contribution is 6.36. The average Bonchev–Trinajstić information content (AvgIpc) is 2.92. The highest BCUT2D eigenvalue weighted by Crippen LogP contribution is 2.32. The normalized spacial score (nSPS) is 15.2. The largest absolute Gasteiger partial charge is 0.269 e. The van der Waals surface area contributed by atoms with Crippen LogP contribution in [0.1, 0.15) is 23.2 Å². The van der Waals surface area contributed by atoms with Gasteiger partial charge in [-0.15, -0.1) is 0 Å². The molecular formula is C18H11Cl3N2O. The summed E-state index contributed by atoms with van der Waals surface area (Å²) >= 11 is 18.3. The van der Waals surface area contributed by atoms with Crippen molar-refractivity contribution in [3.05, 3.63) is 78.8 Å². The van der Waals surface area contributed by atoms with Crippen molar-refractivity contribution in [2.24, 2.45) is 0 Å².